The maximum absolute atomic E-state index is 8.62. The monoisotopic (exact) mass is 144 g/mol. The van der Waals surface area contributed by atoms with E-state index in [2.05, 4.69) is 11.1 Å². The van der Waals surface area contributed by atoms with Gasteiger partial charge in [0.2, 0.25) is 0 Å². The molecule has 0 unspecified atom stereocenters. The molecule has 0 N–H and O–H groups in total. The lowest BCUT2D eigenvalue weighted by atomic mass is 10.1. The Labute approximate surface area is 65.8 Å². The van der Waals surface area contributed by atoms with Crippen LogP contribution in [-0.2, 0) is 0 Å². The van der Waals surface area contributed by atoms with Crippen molar-refractivity contribution in [2.24, 2.45) is 0 Å². The van der Waals surface area contributed by atoms with Crippen molar-refractivity contribution in [3.8, 4) is 6.07 Å². The fraction of sp³-hybridized carbons (Fsp3) is 0.111. The molecule has 0 bridgehead atoms. The third kappa shape index (κ3) is 1.65. The van der Waals surface area contributed by atoms with Crippen molar-refractivity contribution in [1.82, 2.24) is 4.98 Å². The molecule has 0 aliphatic heterocycles. The van der Waals surface area contributed by atoms with E-state index < -0.39 is 0 Å². The molecule has 0 spiro atoms. The number of allylic oxidation sites excluding steroid dienone is 1. The third-order valence-corrected chi connectivity index (χ3v) is 1.32. The predicted molar refractivity (Wildman–Crippen MR) is 43.7 cm³/mol. The van der Waals surface area contributed by atoms with Gasteiger partial charge in [-0.25, -0.2) is 0 Å². The first kappa shape index (κ1) is 7.49. The number of pyridine rings is 1. The van der Waals surface area contributed by atoms with Gasteiger partial charge in [-0.2, -0.15) is 5.26 Å². The molecule has 2 nitrogen and oxygen atoms in total. The highest BCUT2D eigenvalue weighted by atomic mass is 14.6. The molecule has 0 aromatic carbocycles. The molecule has 1 heterocycles. The highest BCUT2D eigenvalue weighted by Crippen LogP contribution is 2.06. The Hall–Kier alpha value is -1.62. The van der Waals surface area contributed by atoms with Crippen LogP contribution in [0.1, 0.15) is 18.1 Å². The van der Waals surface area contributed by atoms with Crippen molar-refractivity contribution in [3.63, 3.8) is 0 Å². The van der Waals surface area contributed by atoms with E-state index in [9.17, 15) is 0 Å². The molecule has 0 amide bonds. The predicted octanol–water partition coefficient (Wildman–Crippen LogP) is 1.99. The number of hydrogen-bond donors (Lipinski definition) is 0. The molecule has 54 valence electrons. The van der Waals surface area contributed by atoms with Crippen molar-refractivity contribution in [3.05, 3.63) is 35.7 Å². The van der Waals surface area contributed by atoms with Crippen LogP contribution in [0.15, 0.2) is 24.5 Å². The van der Waals surface area contributed by atoms with Crippen LogP contribution >= 0.6 is 0 Å². The Morgan fingerprint density at radius 3 is 3.09 bits per heavy atom. The smallest absolute Gasteiger partial charge is 0.101 e. The molecule has 2 heteroatoms. The summed E-state index contributed by atoms with van der Waals surface area (Å²) in [5.74, 6) is 0. The van der Waals surface area contributed by atoms with Crippen molar-refractivity contribution in [2.45, 2.75) is 6.92 Å². The van der Waals surface area contributed by atoms with Gasteiger partial charge >= 0.3 is 0 Å². The summed E-state index contributed by atoms with van der Waals surface area (Å²) in [4.78, 5) is 3.84. The Kier molecular flexibility index (Phi) is 2.40. The van der Waals surface area contributed by atoms with E-state index in [1.54, 1.807) is 12.4 Å². The molecule has 1 aromatic rings. The molecule has 0 saturated heterocycles. The zero-order valence-corrected chi connectivity index (χ0v) is 6.28. The van der Waals surface area contributed by atoms with E-state index in [4.69, 9.17) is 5.26 Å². The Balaban J connectivity index is 3.15. The van der Waals surface area contributed by atoms with Crippen molar-refractivity contribution in [1.29, 1.82) is 5.26 Å². The summed E-state index contributed by atoms with van der Waals surface area (Å²) in [7, 11) is 0. The van der Waals surface area contributed by atoms with Gasteiger partial charge in [-0.3, -0.25) is 4.98 Å². The fourth-order valence-electron chi connectivity index (χ4n) is 0.824. The number of rotatable bonds is 1. The summed E-state index contributed by atoms with van der Waals surface area (Å²) in [6, 6.07) is 3.88. The van der Waals surface area contributed by atoms with Gasteiger partial charge in [0.15, 0.2) is 0 Å². The van der Waals surface area contributed by atoms with Crippen LogP contribution in [0.4, 0.5) is 0 Å². The van der Waals surface area contributed by atoms with Gasteiger partial charge in [-0.05, 0) is 18.6 Å². The molecule has 0 saturated carbocycles. The first-order valence-corrected chi connectivity index (χ1v) is 3.35. The minimum absolute atomic E-state index is 0.616. The van der Waals surface area contributed by atoms with Gasteiger partial charge in [0.25, 0.3) is 0 Å². The average Bonchev–Trinajstić information content (AvgIpc) is 2.06. The Morgan fingerprint density at radius 2 is 2.45 bits per heavy atom. The van der Waals surface area contributed by atoms with Crippen LogP contribution in [-0.4, -0.2) is 4.98 Å². The normalized spacial score (nSPS) is 9.82. The lowest BCUT2D eigenvalue weighted by molar-refractivity contribution is 1.29. The van der Waals surface area contributed by atoms with Gasteiger partial charge in [0, 0.05) is 12.4 Å². The summed E-state index contributed by atoms with van der Waals surface area (Å²) in [6.07, 6.45) is 7.03. The van der Waals surface area contributed by atoms with Crippen LogP contribution in [0.25, 0.3) is 6.08 Å². The summed E-state index contributed by atoms with van der Waals surface area (Å²) < 4.78 is 0. The van der Waals surface area contributed by atoms with E-state index in [1.807, 2.05) is 25.1 Å². The molecular formula is C9H8N2. The Morgan fingerprint density at radius 1 is 1.64 bits per heavy atom. The van der Waals surface area contributed by atoms with Gasteiger partial charge < -0.3 is 0 Å². The van der Waals surface area contributed by atoms with E-state index in [-0.39, 0.29) is 0 Å². The summed E-state index contributed by atoms with van der Waals surface area (Å²) in [6.45, 7) is 1.92. The van der Waals surface area contributed by atoms with E-state index in [1.165, 1.54) is 0 Å². The van der Waals surface area contributed by atoms with Gasteiger partial charge in [0.1, 0.15) is 6.07 Å². The first-order valence-electron chi connectivity index (χ1n) is 3.35. The SMILES string of the molecule is C/C=C/c1ccncc1C#N. The zero-order valence-electron chi connectivity index (χ0n) is 6.28. The number of aromatic nitrogens is 1. The third-order valence-electron chi connectivity index (χ3n) is 1.32. The maximum Gasteiger partial charge on any atom is 0.101 e. The van der Waals surface area contributed by atoms with Crippen LogP contribution in [0.5, 0.6) is 0 Å². The highest BCUT2D eigenvalue weighted by Gasteiger charge is 1.94. The molecule has 0 aliphatic rings. The van der Waals surface area contributed by atoms with Crippen LogP contribution in [0, 0.1) is 11.3 Å². The minimum Gasteiger partial charge on any atom is -0.263 e. The van der Waals surface area contributed by atoms with Crippen molar-refractivity contribution >= 4 is 6.08 Å². The van der Waals surface area contributed by atoms with Gasteiger partial charge in [0.05, 0.1) is 5.56 Å². The second kappa shape index (κ2) is 3.52. The number of hydrogen-bond acceptors (Lipinski definition) is 2. The lowest BCUT2D eigenvalue weighted by Gasteiger charge is -1.93. The van der Waals surface area contributed by atoms with Crippen molar-refractivity contribution < 1.29 is 0 Å². The second-order valence-corrected chi connectivity index (χ2v) is 2.07. The number of nitriles is 1. The van der Waals surface area contributed by atoms with E-state index in [0.29, 0.717) is 5.56 Å². The molecule has 1 aromatic heterocycles. The van der Waals surface area contributed by atoms with Crippen LogP contribution < -0.4 is 0 Å². The minimum atomic E-state index is 0.616. The maximum atomic E-state index is 8.62. The van der Waals surface area contributed by atoms with Crippen molar-refractivity contribution in [2.75, 3.05) is 0 Å². The van der Waals surface area contributed by atoms with Crippen LogP contribution in [0.2, 0.25) is 0 Å². The van der Waals surface area contributed by atoms with E-state index in [0.717, 1.165) is 5.56 Å². The topological polar surface area (TPSA) is 36.7 Å². The van der Waals surface area contributed by atoms with Gasteiger partial charge in [-0.1, -0.05) is 12.2 Å². The summed E-state index contributed by atoms with van der Waals surface area (Å²) in [5.41, 5.74) is 1.54. The van der Waals surface area contributed by atoms with Gasteiger partial charge in [-0.15, -0.1) is 0 Å². The summed E-state index contributed by atoms with van der Waals surface area (Å²) in [5, 5.41) is 8.62. The molecular weight excluding hydrogens is 136 g/mol. The molecule has 0 atom stereocenters. The molecule has 0 radical (unpaired) electrons. The molecule has 11 heavy (non-hydrogen) atoms. The number of nitrogens with zero attached hydrogens (tertiary/aromatic N) is 2. The zero-order chi connectivity index (χ0) is 8.10. The fourth-order valence-corrected chi connectivity index (χ4v) is 0.824. The first-order chi connectivity index (χ1) is 5.38. The standard InChI is InChI=1S/C9H8N2/c1-2-3-8-4-5-11-7-9(8)6-10/h2-5,7H,1H3/b3-2+. The van der Waals surface area contributed by atoms with E-state index >= 15 is 0 Å². The molecule has 1 rings (SSSR count). The second-order valence-electron chi connectivity index (χ2n) is 2.07. The largest absolute Gasteiger partial charge is 0.263 e. The molecule has 0 aliphatic carbocycles. The average molecular weight is 144 g/mol. The Bertz CT molecular complexity index is 308. The lowest BCUT2D eigenvalue weighted by Crippen LogP contribution is -1.82. The highest BCUT2D eigenvalue weighted by molar-refractivity contribution is 5.56. The summed E-state index contributed by atoms with van der Waals surface area (Å²) >= 11 is 0. The quantitative estimate of drug-likeness (QED) is 0.604. The van der Waals surface area contributed by atoms with Crippen LogP contribution in [0.3, 0.4) is 0 Å². The molecule has 0 fully saturated rings.